The van der Waals surface area contributed by atoms with E-state index in [1.165, 1.54) is 19.4 Å². The third kappa shape index (κ3) is 1.94. The summed E-state index contributed by atoms with van der Waals surface area (Å²) in [7, 11) is 1.53. The van der Waals surface area contributed by atoms with Gasteiger partial charge in [-0.1, -0.05) is 12.2 Å². The number of imide groups is 1. The Morgan fingerprint density at radius 3 is 2.40 bits per heavy atom. The van der Waals surface area contributed by atoms with Gasteiger partial charge < -0.3 is 9.84 Å². The summed E-state index contributed by atoms with van der Waals surface area (Å²) in [6.07, 6.45) is 6.75. The molecule has 1 aromatic rings. The Balaban J connectivity index is 1.45. The van der Waals surface area contributed by atoms with Gasteiger partial charge in [-0.25, -0.2) is 0 Å². The van der Waals surface area contributed by atoms with Gasteiger partial charge in [-0.2, -0.15) is 10.1 Å². The lowest BCUT2D eigenvalue weighted by Gasteiger charge is -2.37. The van der Waals surface area contributed by atoms with E-state index in [0.717, 1.165) is 11.4 Å². The topological polar surface area (TPSA) is 79.2 Å². The van der Waals surface area contributed by atoms with Crippen molar-refractivity contribution in [1.82, 2.24) is 5.01 Å². The number of benzene rings is 1. The van der Waals surface area contributed by atoms with Crippen LogP contribution >= 0.6 is 0 Å². The summed E-state index contributed by atoms with van der Waals surface area (Å²) in [5, 5.41) is 15.1. The molecule has 6 nitrogen and oxygen atoms in total. The molecule has 0 spiro atoms. The largest absolute Gasteiger partial charge is 0.507 e. The first-order valence-electron chi connectivity index (χ1n) is 8.57. The Bertz CT molecular complexity index is 810. The molecule has 0 aromatic heterocycles. The second kappa shape index (κ2) is 4.94. The Morgan fingerprint density at radius 1 is 1.16 bits per heavy atom. The molecule has 1 aromatic carbocycles. The maximum atomic E-state index is 12.8. The van der Waals surface area contributed by atoms with Crippen molar-refractivity contribution >= 4 is 18.0 Å². The van der Waals surface area contributed by atoms with Crippen molar-refractivity contribution < 1.29 is 19.4 Å². The minimum atomic E-state index is -0.262. The van der Waals surface area contributed by atoms with E-state index in [2.05, 4.69) is 17.3 Å². The third-order valence-electron chi connectivity index (χ3n) is 6.19. The van der Waals surface area contributed by atoms with Gasteiger partial charge in [0.1, 0.15) is 11.5 Å². The molecule has 6 rings (SSSR count). The first kappa shape index (κ1) is 14.7. The zero-order valence-electron chi connectivity index (χ0n) is 13.7. The molecule has 25 heavy (non-hydrogen) atoms. The average molecular weight is 338 g/mol. The zero-order chi connectivity index (χ0) is 17.3. The molecule has 1 N–H and O–H groups in total. The SMILES string of the molecule is COc1ccc(O)c(/C=N\N2C(=O)[C@@H]3[C@H]4C=C[C@@H]([C@@H]5C[C@H]45)[C@@H]3C2=O)c1. The highest BCUT2D eigenvalue weighted by molar-refractivity contribution is 6.06. The highest BCUT2D eigenvalue weighted by Crippen LogP contribution is 2.65. The van der Waals surface area contributed by atoms with E-state index >= 15 is 0 Å². The van der Waals surface area contributed by atoms with Crippen LogP contribution in [0.1, 0.15) is 12.0 Å². The van der Waals surface area contributed by atoms with E-state index in [4.69, 9.17) is 4.74 Å². The number of hydrogen-bond donors (Lipinski definition) is 1. The van der Waals surface area contributed by atoms with Gasteiger partial charge in [0, 0.05) is 5.56 Å². The Morgan fingerprint density at radius 2 is 1.80 bits per heavy atom. The van der Waals surface area contributed by atoms with E-state index in [1.54, 1.807) is 12.1 Å². The van der Waals surface area contributed by atoms with Crippen LogP contribution in [0, 0.1) is 35.5 Å². The van der Waals surface area contributed by atoms with E-state index in [9.17, 15) is 14.7 Å². The standard InChI is InChI=1S/C19H18N2O4/c1-25-10-2-5-15(22)9(6-10)8-20-21-18(23)16-11-3-4-12(14-7-13(11)14)17(16)19(21)24/h2-6,8,11-14,16-17,22H,7H2,1H3/b20-8-/t11-,12-,13-,14+,16-,17+/m0/s1. The smallest absolute Gasteiger partial charge is 0.254 e. The van der Waals surface area contributed by atoms with Crippen molar-refractivity contribution in [2.75, 3.05) is 7.11 Å². The Kier molecular flexibility index (Phi) is 2.90. The quantitative estimate of drug-likeness (QED) is 0.518. The number of hydrogen-bond acceptors (Lipinski definition) is 5. The third-order valence-corrected chi connectivity index (χ3v) is 6.19. The van der Waals surface area contributed by atoms with Gasteiger partial charge >= 0.3 is 0 Å². The number of amides is 2. The number of phenols is 1. The fraction of sp³-hybridized carbons (Fsp3) is 0.421. The van der Waals surface area contributed by atoms with Crippen molar-refractivity contribution in [2.24, 2.45) is 40.6 Å². The minimum Gasteiger partial charge on any atom is -0.507 e. The molecule has 3 fully saturated rings. The second-order valence-electron chi connectivity index (χ2n) is 7.31. The summed E-state index contributed by atoms with van der Waals surface area (Å²) in [5.41, 5.74) is 0.402. The van der Waals surface area contributed by atoms with Gasteiger partial charge in [-0.3, -0.25) is 9.59 Å². The molecule has 6 heteroatoms. The molecule has 5 aliphatic rings. The first-order chi connectivity index (χ1) is 12.1. The molecule has 0 radical (unpaired) electrons. The molecule has 1 aliphatic heterocycles. The van der Waals surface area contributed by atoms with Crippen LogP contribution in [0.25, 0.3) is 0 Å². The van der Waals surface area contributed by atoms with E-state index in [-0.39, 0.29) is 41.2 Å². The van der Waals surface area contributed by atoms with E-state index < -0.39 is 0 Å². The summed E-state index contributed by atoms with van der Waals surface area (Å²) in [5.74, 6) is 1.14. The number of carbonyl (C=O) groups is 2. The number of rotatable bonds is 3. The molecule has 2 bridgehead atoms. The van der Waals surface area contributed by atoms with Crippen LogP contribution in [-0.4, -0.2) is 35.3 Å². The average Bonchev–Trinajstić information content (AvgIpc) is 3.40. The monoisotopic (exact) mass is 338 g/mol. The van der Waals surface area contributed by atoms with Crippen LogP contribution < -0.4 is 4.74 Å². The van der Waals surface area contributed by atoms with Crippen molar-refractivity contribution in [3.05, 3.63) is 35.9 Å². The lowest BCUT2D eigenvalue weighted by atomic mass is 9.63. The summed E-state index contributed by atoms with van der Waals surface area (Å²) < 4.78 is 5.13. The molecule has 2 saturated carbocycles. The fourth-order valence-electron chi connectivity index (χ4n) is 4.94. The first-order valence-corrected chi connectivity index (χ1v) is 8.57. The van der Waals surface area contributed by atoms with Crippen molar-refractivity contribution in [3.8, 4) is 11.5 Å². The van der Waals surface area contributed by atoms with Crippen LogP contribution in [0.2, 0.25) is 0 Å². The van der Waals surface area contributed by atoms with Gasteiger partial charge in [0.25, 0.3) is 11.8 Å². The molecule has 4 aliphatic carbocycles. The highest BCUT2D eigenvalue weighted by atomic mass is 16.5. The van der Waals surface area contributed by atoms with Gasteiger partial charge in [0.15, 0.2) is 0 Å². The van der Waals surface area contributed by atoms with Crippen LogP contribution in [0.3, 0.4) is 0 Å². The summed E-state index contributed by atoms with van der Waals surface area (Å²) in [6, 6.07) is 4.73. The maximum absolute atomic E-state index is 12.8. The molecule has 0 unspecified atom stereocenters. The van der Waals surface area contributed by atoms with E-state index in [1.807, 2.05) is 0 Å². The summed E-state index contributed by atoms with van der Waals surface area (Å²) in [4.78, 5) is 25.6. The zero-order valence-corrected chi connectivity index (χ0v) is 13.7. The van der Waals surface area contributed by atoms with Crippen LogP contribution in [-0.2, 0) is 9.59 Å². The summed E-state index contributed by atoms with van der Waals surface area (Å²) in [6.45, 7) is 0. The number of ether oxygens (including phenoxy) is 1. The lowest BCUT2D eigenvalue weighted by Crippen LogP contribution is -2.40. The number of allylic oxidation sites excluding steroid dienone is 2. The van der Waals surface area contributed by atoms with Gasteiger partial charge in [0.05, 0.1) is 25.2 Å². The minimum absolute atomic E-state index is 0.0176. The number of hydrazone groups is 1. The van der Waals surface area contributed by atoms with Gasteiger partial charge in [-0.15, -0.1) is 0 Å². The van der Waals surface area contributed by atoms with Crippen molar-refractivity contribution in [3.63, 3.8) is 0 Å². The predicted octanol–water partition coefficient (Wildman–Crippen LogP) is 1.79. The number of carbonyl (C=O) groups excluding carboxylic acids is 2. The number of nitrogens with zero attached hydrogens (tertiary/aromatic N) is 2. The van der Waals surface area contributed by atoms with Gasteiger partial charge in [-0.05, 0) is 48.3 Å². The van der Waals surface area contributed by atoms with Gasteiger partial charge in [0.2, 0.25) is 0 Å². The maximum Gasteiger partial charge on any atom is 0.254 e. The Hall–Kier alpha value is -2.63. The highest BCUT2D eigenvalue weighted by Gasteiger charge is 2.67. The molecular weight excluding hydrogens is 320 g/mol. The Labute approximate surface area is 144 Å². The predicted molar refractivity (Wildman–Crippen MR) is 88.8 cm³/mol. The molecular formula is C19H18N2O4. The van der Waals surface area contributed by atoms with Crippen LogP contribution in [0.5, 0.6) is 11.5 Å². The van der Waals surface area contributed by atoms with Crippen molar-refractivity contribution in [1.29, 1.82) is 0 Å². The fourth-order valence-corrected chi connectivity index (χ4v) is 4.94. The van der Waals surface area contributed by atoms with E-state index in [0.29, 0.717) is 23.1 Å². The summed E-state index contributed by atoms with van der Waals surface area (Å²) >= 11 is 0. The van der Waals surface area contributed by atoms with Crippen LogP contribution in [0.4, 0.5) is 0 Å². The number of methoxy groups -OCH3 is 1. The molecule has 1 heterocycles. The normalized spacial score (nSPS) is 37.6. The lowest BCUT2D eigenvalue weighted by molar-refractivity contribution is -0.140. The number of aromatic hydroxyl groups is 1. The second-order valence-corrected chi connectivity index (χ2v) is 7.31. The van der Waals surface area contributed by atoms with Crippen molar-refractivity contribution in [2.45, 2.75) is 6.42 Å². The molecule has 1 saturated heterocycles. The molecule has 128 valence electrons. The molecule has 2 amide bonds. The molecule has 6 atom stereocenters. The van der Waals surface area contributed by atoms with Crippen LogP contribution in [0.15, 0.2) is 35.5 Å². The number of phenolic OH excluding ortho intramolecular Hbond substituents is 1.